The zero-order valence-electron chi connectivity index (χ0n) is 19.0. The Balaban J connectivity index is 1.53. The molecule has 1 amide bonds. The average molecular weight is 442 g/mol. The van der Waals surface area contributed by atoms with E-state index in [1.54, 1.807) is 0 Å². The van der Waals surface area contributed by atoms with Gasteiger partial charge >= 0.3 is 6.09 Å². The summed E-state index contributed by atoms with van der Waals surface area (Å²) in [6.45, 7) is 5.56. The fraction of sp³-hybridized carbons (Fsp3) is 0.250. The molecule has 5 nitrogen and oxygen atoms in total. The highest BCUT2D eigenvalue weighted by Gasteiger charge is 2.37. The number of nitrogens with one attached hydrogen (secondary N) is 1. The summed E-state index contributed by atoms with van der Waals surface area (Å²) in [5.74, 6) is 0.445. The van der Waals surface area contributed by atoms with Crippen molar-refractivity contribution in [3.63, 3.8) is 0 Å². The monoisotopic (exact) mass is 441 g/mol. The van der Waals surface area contributed by atoms with Crippen molar-refractivity contribution >= 4 is 17.1 Å². The van der Waals surface area contributed by atoms with Crippen LogP contribution >= 0.6 is 0 Å². The van der Waals surface area contributed by atoms with Gasteiger partial charge in [-0.2, -0.15) is 0 Å². The van der Waals surface area contributed by atoms with E-state index in [-0.39, 0.29) is 6.04 Å². The smallest absolute Gasteiger partial charge is 0.408 e. The first-order valence-corrected chi connectivity index (χ1v) is 11.2. The maximum atomic E-state index is 12.6. The lowest BCUT2D eigenvalue weighted by Gasteiger charge is -2.25. The third-order valence-electron chi connectivity index (χ3n) is 5.73. The van der Waals surface area contributed by atoms with Crippen LogP contribution in [0, 0.1) is 0 Å². The molecule has 0 bridgehead atoms. The molecule has 2 atom stereocenters. The second-order valence-electron chi connectivity index (χ2n) is 9.32. The molecule has 0 aliphatic heterocycles. The predicted octanol–water partition coefficient (Wildman–Crippen LogP) is 6.67. The number of fused-ring (bicyclic) bond motifs is 2. The zero-order chi connectivity index (χ0) is 23.0. The molecule has 5 rings (SSSR count). The van der Waals surface area contributed by atoms with E-state index in [2.05, 4.69) is 11.4 Å². The molecule has 168 valence electrons. The quantitative estimate of drug-likeness (QED) is 0.384. The van der Waals surface area contributed by atoms with Crippen molar-refractivity contribution in [3.05, 3.63) is 90.0 Å². The van der Waals surface area contributed by atoms with Gasteiger partial charge in [0, 0.05) is 5.39 Å². The number of ether oxygens (including phenoxy) is 2. The lowest BCUT2D eigenvalue weighted by molar-refractivity contribution is 0.0441. The molecule has 1 aromatic heterocycles. The van der Waals surface area contributed by atoms with Crippen molar-refractivity contribution in [2.24, 2.45) is 0 Å². The summed E-state index contributed by atoms with van der Waals surface area (Å²) >= 11 is 0. The molecule has 1 aliphatic rings. The van der Waals surface area contributed by atoms with Gasteiger partial charge in [0.2, 0.25) is 0 Å². The number of furan rings is 1. The summed E-state index contributed by atoms with van der Waals surface area (Å²) < 4.78 is 18.3. The summed E-state index contributed by atoms with van der Waals surface area (Å²) in [5, 5.41) is 4.01. The van der Waals surface area contributed by atoms with Gasteiger partial charge in [-0.25, -0.2) is 4.79 Å². The van der Waals surface area contributed by atoms with E-state index in [9.17, 15) is 4.79 Å². The largest absolute Gasteiger partial charge is 0.454 e. The fourth-order valence-corrected chi connectivity index (χ4v) is 4.39. The van der Waals surface area contributed by atoms with Crippen molar-refractivity contribution < 1.29 is 18.7 Å². The molecule has 4 aromatic rings. The van der Waals surface area contributed by atoms with E-state index in [1.807, 2.05) is 93.6 Å². The topological polar surface area (TPSA) is 60.7 Å². The first-order valence-electron chi connectivity index (χ1n) is 11.2. The second-order valence-corrected chi connectivity index (χ2v) is 9.32. The van der Waals surface area contributed by atoms with Gasteiger partial charge in [-0.05, 0) is 49.9 Å². The molecule has 0 saturated heterocycles. The van der Waals surface area contributed by atoms with Crippen molar-refractivity contribution in [2.45, 2.75) is 44.9 Å². The Labute approximate surface area is 193 Å². The molecule has 2 unspecified atom stereocenters. The van der Waals surface area contributed by atoms with Crippen LogP contribution in [0.15, 0.2) is 83.3 Å². The first kappa shape index (κ1) is 21.1. The highest BCUT2D eigenvalue weighted by atomic mass is 16.6. The molecule has 3 aromatic carbocycles. The Hall–Kier alpha value is -3.73. The van der Waals surface area contributed by atoms with Crippen molar-refractivity contribution in [1.82, 2.24) is 5.32 Å². The number of hydrogen-bond donors (Lipinski definition) is 1. The predicted molar refractivity (Wildman–Crippen MR) is 128 cm³/mol. The number of carbonyl (C=O) groups excluding carboxylic acids is 1. The number of amides is 1. The number of hydrogen-bond acceptors (Lipinski definition) is 4. The number of rotatable bonds is 4. The number of para-hydroxylation sites is 1. The Morgan fingerprint density at radius 1 is 0.939 bits per heavy atom. The van der Waals surface area contributed by atoms with Gasteiger partial charge in [0.15, 0.2) is 0 Å². The lowest BCUT2D eigenvalue weighted by Crippen LogP contribution is -2.42. The number of alkyl carbamates (subject to hydrolysis) is 1. The maximum absolute atomic E-state index is 12.6. The first-order chi connectivity index (χ1) is 15.9. The van der Waals surface area contributed by atoms with Gasteiger partial charge in [-0.1, -0.05) is 72.8 Å². The Morgan fingerprint density at radius 2 is 1.64 bits per heavy atom. The highest BCUT2D eigenvalue weighted by Crippen LogP contribution is 2.44. The van der Waals surface area contributed by atoms with Crippen LogP contribution in [-0.4, -0.2) is 17.7 Å². The van der Waals surface area contributed by atoms with E-state index < -0.39 is 17.8 Å². The number of carbonyl (C=O) groups is 1. The minimum absolute atomic E-state index is 0.283. The Bertz CT molecular complexity index is 1290. The zero-order valence-corrected chi connectivity index (χ0v) is 19.0. The summed E-state index contributed by atoms with van der Waals surface area (Å²) in [6, 6.07) is 25.8. The molecule has 0 saturated carbocycles. The van der Waals surface area contributed by atoms with Crippen molar-refractivity contribution in [3.8, 4) is 17.1 Å². The van der Waals surface area contributed by atoms with Crippen LogP contribution in [0.2, 0.25) is 0 Å². The van der Waals surface area contributed by atoms with E-state index in [1.165, 1.54) is 0 Å². The van der Waals surface area contributed by atoms with Crippen LogP contribution in [0.5, 0.6) is 5.95 Å². The van der Waals surface area contributed by atoms with E-state index in [0.29, 0.717) is 12.4 Å². The van der Waals surface area contributed by atoms with Crippen LogP contribution in [0.25, 0.3) is 22.1 Å². The van der Waals surface area contributed by atoms with Crippen LogP contribution in [0.4, 0.5) is 4.79 Å². The Morgan fingerprint density at radius 3 is 2.42 bits per heavy atom. The van der Waals surface area contributed by atoms with Crippen LogP contribution in [0.1, 0.15) is 38.0 Å². The van der Waals surface area contributed by atoms with Crippen molar-refractivity contribution in [2.75, 3.05) is 0 Å². The molecule has 0 spiro atoms. The van der Waals surface area contributed by atoms with Gasteiger partial charge in [0.25, 0.3) is 5.95 Å². The summed E-state index contributed by atoms with van der Waals surface area (Å²) in [7, 11) is 0. The molecular weight excluding hydrogens is 414 g/mol. The van der Waals surface area contributed by atoms with Crippen molar-refractivity contribution in [1.29, 1.82) is 0 Å². The van der Waals surface area contributed by atoms with Crippen LogP contribution in [0.3, 0.4) is 0 Å². The normalized spacial score (nSPS) is 17.5. The van der Waals surface area contributed by atoms with Crippen LogP contribution in [-0.2, 0) is 11.2 Å². The maximum Gasteiger partial charge on any atom is 0.408 e. The lowest BCUT2D eigenvalue weighted by atomic mass is 10.0. The third-order valence-corrected chi connectivity index (χ3v) is 5.73. The van der Waals surface area contributed by atoms with Gasteiger partial charge in [-0.3, -0.25) is 0 Å². The molecule has 33 heavy (non-hydrogen) atoms. The summed E-state index contributed by atoms with van der Waals surface area (Å²) in [4.78, 5) is 12.6. The van der Waals surface area contributed by atoms with Crippen LogP contribution < -0.4 is 10.1 Å². The molecular formula is C28H27NO4. The SMILES string of the molecule is CC(C)(C)OC(=O)NC1Cc2ccccc2C1Oc1oc2ccccc2c1-c1ccccc1. The minimum Gasteiger partial charge on any atom is -0.454 e. The summed E-state index contributed by atoms with van der Waals surface area (Å²) in [6.07, 6.45) is -0.209. The summed E-state index contributed by atoms with van der Waals surface area (Å²) in [5.41, 5.74) is 4.28. The van der Waals surface area contributed by atoms with Gasteiger partial charge < -0.3 is 19.2 Å². The highest BCUT2D eigenvalue weighted by molar-refractivity contribution is 5.97. The fourth-order valence-electron chi connectivity index (χ4n) is 4.39. The second kappa shape index (κ2) is 8.32. The Kier molecular flexibility index (Phi) is 5.33. The molecule has 1 N–H and O–H groups in total. The van der Waals surface area contributed by atoms with E-state index in [0.717, 1.165) is 33.2 Å². The minimum atomic E-state index is -0.578. The van der Waals surface area contributed by atoms with Gasteiger partial charge in [0.1, 0.15) is 17.3 Å². The molecule has 1 heterocycles. The molecule has 0 radical (unpaired) electrons. The standard InChI is InChI=1S/C28H27NO4/c1-28(2,3)33-27(30)29-22-17-19-13-7-8-14-20(19)25(22)32-26-24(18-11-5-4-6-12-18)21-15-9-10-16-23(21)31-26/h4-16,22,25H,17H2,1-3H3,(H,29,30). The number of benzene rings is 3. The molecule has 5 heteroatoms. The van der Waals surface area contributed by atoms with E-state index >= 15 is 0 Å². The van der Waals surface area contributed by atoms with Gasteiger partial charge in [0.05, 0.1) is 11.6 Å². The third kappa shape index (κ3) is 4.31. The molecule has 0 fully saturated rings. The average Bonchev–Trinajstić information content (AvgIpc) is 3.31. The van der Waals surface area contributed by atoms with Gasteiger partial charge in [-0.15, -0.1) is 0 Å². The van der Waals surface area contributed by atoms with E-state index in [4.69, 9.17) is 13.9 Å². The molecule has 1 aliphatic carbocycles.